The number of rotatable bonds is 3. The summed E-state index contributed by atoms with van der Waals surface area (Å²) in [4.78, 5) is 14.1. The van der Waals surface area contributed by atoms with Crippen LogP contribution in [0.1, 0.15) is 32.6 Å². The van der Waals surface area contributed by atoms with Gasteiger partial charge in [0.2, 0.25) is 0 Å². The first kappa shape index (κ1) is 11.0. The molecule has 1 aromatic rings. The van der Waals surface area contributed by atoms with E-state index in [4.69, 9.17) is 0 Å². The number of Topliss-reactive ketones (excluding diaryl/α,β-unsaturated/α-hetero) is 1. The number of hydrogen-bond acceptors (Lipinski definition) is 3. The number of piperidine rings is 1. The summed E-state index contributed by atoms with van der Waals surface area (Å²) >= 11 is 0. The number of aromatic nitrogens is 2. The topological polar surface area (TPSA) is 38.1 Å². The average molecular weight is 233 g/mol. The van der Waals surface area contributed by atoms with E-state index in [0.29, 0.717) is 23.9 Å². The first-order valence-electron chi connectivity index (χ1n) is 6.50. The van der Waals surface area contributed by atoms with Gasteiger partial charge in [0, 0.05) is 43.4 Å². The fourth-order valence-electron chi connectivity index (χ4n) is 3.50. The zero-order valence-electron chi connectivity index (χ0n) is 10.2. The van der Waals surface area contributed by atoms with Crippen LogP contribution in [0.5, 0.6) is 0 Å². The summed E-state index contributed by atoms with van der Waals surface area (Å²) in [6.07, 6.45) is 7.74. The van der Waals surface area contributed by atoms with Crippen LogP contribution in [-0.2, 0) is 11.3 Å². The lowest BCUT2D eigenvalue weighted by Gasteiger charge is -2.38. The highest BCUT2D eigenvalue weighted by molar-refractivity contribution is 5.81. The van der Waals surface area contributed by atoms with Gasteiger partial charge in [-0.15, -0.1) is 0 Å². The van der Waals surface area contributed by atoms with Gasteiger partial charge >= 0.3 is 0 Å². The molecule has 2 fully saturated rings. The van der Waals surface area contributed by atoms with E-state index in [1.807, 2.05) is 23.1 Å². The van der Waals surface area contributed by atoms with Gasteiger partial charge in [-0.1, -0.05) is 0 Å². The molecule has 3 rings (SSSR count). The summed E-state index contributed by atoms with van der Waals surface area (Å²) in [5, 5.41) is 4.26. The van der Waals surface area contributed by atoms with Crippen LogP contribution in [0.2, 0.25) is 0 Å². The number of ketones is 1. The predicted octanol–water partition coefficient (Wildman–Crippen LogP) is 1.47. The molecule has 2 bridgehead atoms. The van der Waals surface area contributed by atoms with Crippen LogP contribution in [0.25, 0.3) is 0 Å². The SMILES string of the molecule is CC(Cn1cccn1)N1C2CCC1CC(=O)C2. The first-order chi connectivity index (χ1) is 8.24. The lowest BCUT2D eigenvalue weighted by atomic mass is 9.99. The van der Waals surface area contributed by atoms with Crippen LogP contribution in [0, 0.1) is 0 Å². The lowest BCUT2D eigenvalue weighted by Crippen LogP contribution is -2.49. The Balaban J connectivity index is 1.70. The molecule has 17 heavy (non-hydrogen) atoms. The van der Waals surface area contributed by atoms with E-state index in [-0.39, 0.29) is 0 Å². The van der Waals surface area contributed by atoms with Gasteiger partial charge in [0.15, 0.2) is 0 Å². The standard InChI is InChI=1S/C13H19N3O/c1-10(9-15-6-2-5-14-15)16-11-3-4-12(16)8-13(17)7-11/h2,5-6,10-12H,3-4,7-9H2,1H3. The third-order valence-corrected chi connectivity index (χ3v) is 4.12. The quantitative estimate of drug-likeness (QED) is 0.793. The Kier molecular flexibility index (Phi) is 2.74. The van der Waals surface area contributed by atoms with Gasteiger partial charge in [-0.05, 0) is 25.8 Å². The van der Waals surface area contributed by atoms with Crippen molar-refractivity contribution in [2.75, 3.05) is 0 Å². The Bertz CT molecular complexity index is 385. The molecule has 2 aliphatic rings. The number of nitrogens with zero attached hydrogens (tertiary/aromatic N) is 3. The molecule has 3 unspecified atom stereocenters. The minimum absolute atomic E-state index is 0.458. The maximum Gasteiger partial charge on any atom is 0.136 e. The van der Waals surface area contributed by atoms with Crippen LogP contribution in [0.3, 0.4) is 0 Å². The van der Waals surface area contributed by atoms with Crippen molar-refractivity contribution in [3.8, 4) is 0 Å². The van der Waals surface area contributed by atoms with Gasteiger partial charge in [-0.2, -0.15) is 5.10 Å². The molecule has 4 nitrogen and oxygen atoms in total. The molecule has 0 aromatic carbocycles. The Morgan fingerprint density at radius 1 is 1.41 bits per heavy atom. The van der Waals surface area contributed by atoms with Gasteiger partial charge in [-0.25, -0.2) is 0 Å². The highest BCUT2D eigenvalue weighted by Gasteiger charge is 2.42. The third kappa shape index (κ3) is 2.02. The van der Waals surface area contributed by atoms with Crippen molar-refractivity contribution in [2.24, 2.45) is 0 Å². The fraction of sp³-hybridized carbons (Fsp3) is 0.692. The first-order valence-corrected chi connectivity index (χ1v) is 6.50. The summed E-state index contributed by atoms with van der Waals surface area (Å²) < 4.78 is 1.99. The second-order valence-corrected chi connectivity index (χ2v) is 5.36. The fourth-order valence-corrected chi connectivity index (χ4v) is 3.50. The Morgan fingerprint density at radius 2 is 2.12 bits per heavy atom. The van der Waals surface area contributed by atoms with Crippen molar-refractivity contribution in [1.29, 1.82) is 0 Å². The smallest absolute Gasteiger partial charge is 0.136 e. The largest absolute Gasteiger partial charge is 0.300 e. The summed E-state index contributed by atoms with van der Waals surface area (Å²) in [5.41, 5.74) is 0. The minimum atomic E-state index is 0.458. The molecule has 92 valence electrons. The highest BCUT2D eigenvalue weighted by Crippen LogP contribution is 2.35. The number of carbonyl (C=O) groups excluding carboxylic acids is 1. The number of carbonyl (C=O) groups is 1. The van der Waals surface area contributed by atoms with E-state index in [1.54, 1.807) is 0 Å². The van der Waals surface area contributed by atoms with Crippen LogP contribution in [0.15, 0.2) is 18.5 Å². The van der Waals surface area contributed by atoms with Crippen molar-refractivity contribution in [2.45, 2.75) is 57.3 Å². The summed E-state index contributed by atoms with van der Waals surface area (Å²) in [6, 6.07) is 3.42. The van der Waals surface area contributed by atoms with Crippen molar-refractivity contribution < 1.29 is 4.79 Å². The molecule has 3 heterocycles. The molecule has 4 heteroatoms. The van der Waals surface area contributed by atoms with E-state index in [1.165, 1.54) is 12.8 Å². The van der Waals surface area contributed by atoms with Crippen LogP contribution >= 0.6 is 0 Å². The molecular weight excluding hydrogens is 214 g/mol. The minimum Gasteiger partial charge on any atom is -0.300 e. The summed E-state index contributed by atoms with van der Waals surface area (Å²) in [6.45, 7) is 3.18. The molecule has 3 atom stereocenters. The molecule has 0 aliphatic carbocycles. The monoisotopic (exact) mass is 233 g/mol. The van der Waals surface area contributed by atoms with Crippen LogP contribution in [-0.4, -0.2) is 38.6 Å². The van der Waals surface area contributed by atoms with Crippen LogP contribution < -0.4 is 0 Å². The summed E-state index contributed by atoms with van der Waals surface area (Å²) in [7, 11) is 0. The predicted molar refractivity (Wildman–Crippen MR) is 64.6 cm³/mol. The van der Waals surface area contributed by atoms with E-state index in [2.05, 4.69) is 16.9 Å². The van der Waals surface area contributed by atoms with Crippen molar-refractivity contribution in [3.05, 3.63) is 18.5 Å². The van der Waals surface area contributed by atoms with Crippen molar-refractivity contribution in [1.82, 2.24) is 14.7 Å². The molecule has 0 amide bonds. The zero-order chi connectivity index (χ0) is 11.8. The van der Waals surface area contributed by atoms with E-state index in [0.717, 1.165) is 19.4 Å². The van der Waals surface area contributed by atoms with Crippen molar-refractivity contribution >= 4 is 5.78 Å². The van der Waals surface area contributed by atoms with E-state index >= 15 is 0 Å². The maximum atomic E-state index is 11.6. The highest BCUT2D eigenvalue weighted by atomic mass is 16.1. The molecule has 2 aliphatic heterocycles. The van der Waals surface area contributed by atoms with Gasteiger partial charge in [0.05, 0.1) is 6.54 Å². The Morgan fingerprint density at radius 3 is 2.71 bits per heavy atom. The maximum absolute atomic E-state index is 11.6. The van der Waals surface area contributed by atoms with E-state index < -0.39 is 0 Å². The zero-order valence-corrected chi connectivity index (χ0v) is 10.2. The van der Waals surface area contributed by atoms with Gasteiger partial charge in [0.25, 0.3) is 0 Å². The number of fused-ring (bicyclic) bond motifs is 2. The number of hydrogen-bond donors (Lipinski definition) is 0. The molecule has 2 saturated heterocycles. The third-order valence-electron chi connectivity index (χ3n) is 4.12. The summed E-state index contributed by atoms with van der Waals surface area (Å²) in [5.74, 6) is 0.458. The second-order valence-electron chi connectivity index (χ2n) is 5.36. The van der Waals surface area contributed by atoms with Gasteiger partial charge < -0.3 is 0 Å². The van der Waals surface area contributed by atoms with Crippen LogP contribution in [0.4, 0.5) is 0 Å². The second kappa shape index (κ2) is 4.26. The van der Waals surface area contributed by atoms with Crippen molar-refractivity contribution in [3.63, 3.8) is 0 Å². The molecule has 1 aromatic heterocycles. The molecule has 0 saturated carbocycles. The Labute approximate surface area is 102 Å². The molecule has 0 radical (unpaired) electrons. The normalized spacial score (nSPS) is 30.8. The molecular formula is C13H19N3O. The van der Waals surface area contributed by atoms with E-state index in [9.17, 15) is 4.79 Å². The molecule has 0 N–H and O–H groups in total. The Hall–Kier alpha value is -1.16. The average Bonchev–Trinajstić information content (AvgIpc) is 2.86. The van der Waals surface area contributed by atoms with Gasteiger partial charge in [0.1, 0.15) is 5.78 Å². The van der Waals surface area contributed by atoms with Gasteiger partial charge in [-0.3, -0.25) is 14.4 Å². The molecule has 0 spiro atoms. The lowest BCUT2D eigenvalue weighted by molar-refractivity contribution is -0.124.